The molecule has 4 rings (SSSR count). The van der Waals surface area contributed by atoms with Gasteiger partial charge in [-0.1, -0.05) is 44.2 Å². The zero-order valence-electron chi connectivity index (χ0n) is 18.1. The van der Waals surface area contributed by atoms with Crippen LogP contribution >= 0.6 is 0 Å². The summed E-state index contributed by atoms with van der Waals surface area (Å²) in [6.45, 7) is 15.1. The Balaban J connectivity index is 1.60. The molecule has 0 aromatic heterocycles. The minimum Gasteiger partial charge on any atom is -0.370 e. The normalized spacial score (nSPS) is 25.2. The number of rotatable bonds is 8. The van der Waals surface area contributed by atoms with Gasteiger partial charge in [0, 0.05) is 38.6 Å². The van der Waals surface area contributed by atoms with E-state index in [4.69, 9.17) is 16.9 Å². The monoisotopic (exact) mass is 400 g/mol. The van der Waals surface area contributed by atoms with Crippen molar-refractivity contribution in [3.05, 3.63) is 35.9 Å². The lowest BCUT2D eigenvalue weighted by Gasteiger charge is -2.52. The summed E-state index contributed by atoms with van der Waals surface area (Å²) in [5, 5.41) is 8.38. The standard InChI is InChI=1S/C22H38N7/c1-18(19(2)17-29-13-10-27(11-14-29)12-15-29)16-28(22(25)26-21(23)24)9-8-20-6-4-3-5-7-20/h3-7,18-19H,8-17H2,1-2H3,(H5,23,24,25,26)/q+1. The summed E-state index contributed by atoms with van der Waals surface area (Å²) in [6.07, 6.45) is 0.875. The van der Waals surface area contributed by atoms with Gasteiger partial charge < -0.3 is 20.9 Å². The van der Waals surface area contributed by atoms with E-state index in [9.17, 15) is 0 Å². The molecule has 1 aromatic carbocycles. The second kappa shape index (κ2) is 9.59. The molecule has 5 N–H and O–H groups in total. The first-order valence-electron chi connectivity index (χ1n) is 10.9. The first-order valence-corrected chi connectivity index (χ1v) is 10.9. The Morgan fingerprint density at radius 3 is 2.31 bits per heavy atom. The van der Waals surface area contributed by atoms with Gasteiger partial charge in [-0.05, 0) is 17.9 Å². The molecule has 160 valence electrons. The van der Waals surface area contributed by atoms with Crippen LogP contribution < -0.4 is 11.5 Å². The number of nitrogens with zero attached hydrogens (tertiary/aromatic N) is 4. The molecule has 0 spiro atoms. The third-order valence-electron chi connectivity index (χ3n) is 6.87. The lowest BCUT2D eigenvalue weighted by atomic mass is 9.92. The molecule has 3 heterocycles. The largest absolute Gasteiger partial charge is 0.370 e. The minimum atomic E-state index is -0.0510. The van der Waals surface area contributed by atoms with Crippen molar-refractivity contribution in [3.8, 4) is 0 Å². The number of hydrogen-bond acceptors (Lipinski definition) is 2. The van der Waals surface area contributed by atoms with Crippen LogP contribution in [-0.4, -0.2) is 85.1 Å². The summed E-state index contributed by atoms with van der Waals surface area (Å²) in [5.41, 5.74) is 12.4. The van der Waals surface area contributed by atoms with Crippen molar-refractivity contribution in [2.75, 3.05) is 58.9 Å². The maximum absolute atomic E-state index is 8.38. The number of aliphatic imine (C=N–C) groups is 1. The quantitative estimate of drug-likeness (QED) is 0.347. The van der Waals surface area contributed by atoms with Crippen LogP contribution in [0.5, 0.6) is 0 Å². The summed E-state index contributed by atoms with van der Waals surface area (Å²) < 4.78 is 1.28. The Bertz CT molecular complexity index is 677. The fourth-order valence-electron chi connectivity index (χ4n) is 4.71. The maximum Gasteiger partial charge on any atom is 0.221 e. The first-order chi connectivity index (χ1) is 13.9. The van der Waals surface area contributed by atoms with Crippen LogP contribution in [0, 0.1) is 17.2 Å². The summed E-state index contributed by atoms with van der Waals surface area (Å²) >= 11 is 0. The predicted molar refractivity (Wildman–Crippen MR) is 120 cm³/mol. The van der Waals surface area contributed by atoms with Crippen molar-refractivity contribution in [2.45, 2.75) is 20.3 Å². The number of benzene rings is 1. The summed E-state index contributed by atoms with van der Waals surface area (Å²) in [5.74, 6) is 1.17. The second-order valence-electron chi connectivity index (χ2n) is 9.03. The molecule has 29 heavy (non-hydrogen) atoms. The molecule has 2 unspecified atom stereocenters. The molecule has 2 atom stereocenters. The molecule has 1 aromatic rings. The Labute approximate surface area is 175 Å². The third-order valence-corrected chi connectivity index (χ3v) is 6.87. The van der Waals surface area contributed by atoms with Crippen LogP contribution in [0.2, 0.25) is 0 Å². The number of hydrogen-bond donors (Lipinski definition) is 3. The topological polar surface area (TPSA) is 94.7 Å². The first kappa shape index (κ1) is 21.6. The molecule has 3 aliphatic rings. The van der Waals surface area contributed by atoms with Gasteiger partial charge in [-0.3, -0.25) is 10.3 Å². The van der Waals surface area contributed by atoms with Crippen LogP contribution in [-0.2, 0) is 6.42 Å². The summed E-state index contributed by atoms with van der Waals surface area (Å²) in [4.78, 5) is 8.65. The van der Waals surface area contributed by atoms with Gasteiger partial charge >= 0.3 is 0 Å². The van der Waals surface area contributed by atoms with Crippen molar-refractivity contribution in [1.29, 1.82) is 5.41 Å². The lowest BCUT2D eigenvalue weighted by Crippen LogP contribution is -2.68. The van der Waals surface area contributed by atoms with E-state index < -0.39 is 0 Å². The van der Waals surface area contributed by atoms with E-state index >= 15 is 0 Å². The molecular formula is C22H38N7+. The molecule has 0 saturated carbocycles. The third kappa shape index (κ3) is 5.93. The van der Waals surface area contributed by atoms with Gasteiger partial charge in [-0.15, -0.1) is 0 Å². The van der Waals surface area contributed by atoms with Crippen LogP contribution in [0.4, 0.5) is 0 Å². The molecule has 7 heteroatoms. The fourth-order valence-corrected chi connectivity index (χ4v) is 4.71. The molecule has 3 fully saturated rings. The van der Waals surface area contributed by atoms with E-state index in [1.807, 2.05) is 11.0 Å². The smallest absolute Gasteiger partial charge is 0.221 e. The lowest BCUT2D eigenvalue weighted by molar-refractivity contribution is -0.944. The zero-order valence-corrected chi connectivity index (χ0v) is 18.1. The van der Waals surface area contributed by atoms with E-state index in [0.717, 1.165) is 19.5 Å². The van der Waals surface area contributed by atoms with Gasteiger partial charge in [0.15, 0.2) is 5.96 Å². The van der Waals surface area contributed by atoms with Gasteiger partial charge in [0.25, 0.3) is 0 Å². The summed E-state index contributed by atoms with van der Waals surface area (Å²) in [7, 11) is 0. The maximum atomic E-state index is 8.38. The van der Waals surface area contributed by atoms with Crippen molar-refractivity contribution < 1.29 is 4.48 Å². The predicted octanol–water partition coefficient (Wildman–Crippen LogP) is 1.16. The number of piperazine rings is 3. The Morgan fingerprint density at radius 1 is 1.10 bits per heavy atom. The van der Waals surface area contributed by atoms with Crippen LogP contribution in [0.3, 0.4) is 0 Å². The van der Waals surface area contributed by atoms with E-state index in [-0.39, 0.29) is 11.9 Å². The van der Waals surface area contributed by atoms with Gasteiger partial charge in [0.2, 0.25) is 5.96 Å². The molecule has 2 bridgehead atoms. The Morgan fingerprint density at radius 2 is 1.72 bits per heavy atom. The molecule has 3 aliphatic heterocycles. The van der Waals surface area contributed by atoms with Crippen molar-refractivity contribution in [2.24, 2.45) is 28.3 Å². The molecule has 0 amide bonds. The highest BCUT2D eigenvalue weighted by molar-refractivity contribution is 5.91. The average molecular weight is 401 g/mol. The Kier molecular flexibility index (Phi) is 7.14. The van der Waals surface area contributed by atoms with E-state index in [2.05, 4.69) is 48.0 Å². The highest BCUT2D eigenvalue weighted by Crippen LogP contribution is 2.25. The molecule has 3 saturated heterocycles. The number of guanidine groups is 2. The minimum absolute atomic E-state index is 0.0510. The fraction of sp³-hybridized carbons (Fsp3) is 0.636. The SMILES string of the molecule is CC(CN(CCc1ccccc1)C(=N)N=C(N)N)C(C)C[N+]12CCN(CC1)CC2. The van der Waals surface area contributed by atoms with Crippen LogP contribution in [0.1, 0.15) is 19.4 Å². The number of fused-ring (bicyclic) bond motifs is 3. The number of nitrogens with two attached hydrogens (primary N) is 2. The van der Waals surface area contributed by atoms with Crippen LogP contribution in [0.25, 0.3) is 0 Å². The molecule has 0 radical (unpaired) electrons. The van der Waals surface area contributed by atoms with E-state index in [1.165, 1.54) is 55.9 Å². The molecule has 0 aliphatic carbocycles. The van der Waals surface area contributed by atoms with Crippen molar-refractivity contribution in [1.82, 2.24) is 9.80 Å². The zero-order chi connectivity index (χ0) is 20.9. The van der Waals surface area contributed by atoms with E-state index in [1.54, 1.807) is 0 Å². The summed E-state index contributed by atoms with van der Waals surface area (Å²) in [6, 6.07) is 10.4. The second-order valence-corrected chi connectivity index (χ2v) is 9.03. The average Bonchev–Trinajstić information content (AvgIpc) is 2.72. The van der Waals surface area contributed by atoms with Gasteiger partial charge in [-0.25, -0.2) is 0 Å². The van der Waals surface area contributed by atoms with Gasteiger partial charge in [0.05, 0.1) is 26.2 Å². The van der Waals surface area contributed by atoms with Gasteiger partial charge in [-0.2, -0.15) is 4.99 Å². The highest BCUT2D eigenvalue weighted by Gasteiger charge is 2.40. The van der Waals surface area contributed by atoms with Crippen LogP contribution in [0.15, 0.2) is 35.3 Å². The Hall–Kier alpha value is -2.12. The molecular weight excluding hydrogens is 362 g/mol. The van der Waals surface area contributed by atoms with Crippen molar-refractivity contribution >= 4 is 11.9 Å². The van der Waals surface area contributed by atoms with E-state index in [0.29, 0.717) is 11.8 Å². The van der Waals surface area contributed by atoms with Gasteiger partial charge in [0.1, 0.15) is 0 Å². The molecule has 7 nitrogen and oxygen atoms in total. The number of quaternary nitrogens is 1. The number of nitrogens with one attached hydrogen (secondary N) is 1. The van der Waals surface area contributed by atoms with Crippen molar-refractivity contribution in [3.63, 3.8) is 0 Å². The highest BCUT2D eigenvalue weighted by atomic mass is 15.5.